The van der Waals surface area contributed by atoms with Gasteiger partial charge in [-0.3, -0.25) is 18.7 Å². The van der Waals surface area contributed by atoms with E-state index in [4.69, 9.17) is 0 Å². The number of fused-ring (bicyclic) bond motifs is 1. The van der Waals surface area contributed by atoms with Crippen molar-refractivity contribution in [3.63, 3.8) is 0 Å². The molecule has 0 aliphatic carbocycles. The lowest BCUT2D eigenvalue weighted by Crippen LogP contribution is -2.40. The van der Waals surface area contributed by atoms with Gasteiger partial charge in [0, 0.05) is 33.7 Å². The Morgan fingerprint density at radius 2 is 2.00 bits per heavy atom. The Kier molecular flexibility index (Phi) is 5.78. The number of hydrogen-bond donors (Lipinski definition) is 0. The number of carbonyl (C=O) groups is 1. The van der Waals surface area contributed by atoms with Crippen LogP contribution in [0.1, 0.15) is 33.1 Å². The van der Waals surface area contributed by atoms with Gasteiger partial charge in [0.2, 0.25) is 5.91 Å². The van der Waals surface area contributed by atoms with Crippen molar-refractivity contribution in [1.29, 1.82) is 0 Å². The lowest BCUT2D eigenvalue weighted by molar-refractivity contribution is -0.130. The first-order valence-electron chi connectivity index (χ1n) is 9.42. The molecule has 0 saturated carbocycles. The smallest absolute Gasteiger partial charge is 0.332 e. The summed E-state index contributed by atoms with van der Waals surface area (Å²) in [5.41, 5.74) is 0.0433. The summed E-state index contributed by atoms with van der Waals surface area (Å²) in [6.45, 7) is 6.42. The zero-order valence-electron chi connectivity index (χ0n) is 16.4. The Bertz CT molecular complexity index is 974. The molecule has 27 heavy (non-hydrogen) atoms. The average molecular weight is 394 g/mol. The van der Waals surface area contributed by atoms with E-state index in [1.807, 2.05) is 16.4 Å². The van der Waals surface area contributed by atoms with Crippen LogP contribution < -0.4 is 11.2 Å². The summed E-state index contributed by atoms with van der Waals surface area (Å²) in [5, 5.41) is 0.614. The molecule has 0 aromatic carbocycles. The monoisotopic (exact) mass is 393 g/mol. The summed E-state index contributed by atoms with van der Waals surface area (Å²) in [7, 11) is 3.09. The maximum Gasteiger partial charge on any atom is 0.332 e. The standard InChI is InChI=1S/C18H27N5O3S/c1-5-8-23-14-15(20(3)18(26)21(4)16(14)25)19-17(23)27-11-13(24)22-9-6-7-12(2)10-22/h12H,5-11H2,1-4H3/t12-/m0/s1. The number of carbonyl (C=O) groups excluding carboxylic acids is 1. The summed E-state index contributed by atoms with van der Waals surface area (Å²) in [4.78, 5) is 43.9. The van der Waals surface area contributed by atoms with Crippen LogP contribution in [0.15, 0.2) is 14.7 Å². The molecule has 2 aromatic heterocycles. The number of rotatable bonds is 5. The van der Waals surface area contributed by atoms with Crippen LogP contribution >= 0.6 is 11.8 Å². The fourth-order valence-corrected chi connectivity index (χ4v) is 4.53. The first-order chi connectivity index (χ1) is 12.8. The molecule has 0 spiro atoms. The van der Waals surface area contributed by atoms with Gasteiger partial charge in [0.15, 0.2) is 16.3 Å². The van der Waals surface area contributed by atoms with Crippen molar-refractivity contribution in [3.8, 4) is 0 Å². The number of piperidine rings is 1. The zero-order valence-corrected chi connectivity index (χ0v) is 17.2. The number of likely N-dealkylation sites (tertiary alicyclic amines) is 1. The summed E-state index contributed by atoms with van der Waals surface area (Å²) in [6.07, 6.45) is 3.03. The Labute approximate surface area is 162 Å². The van der Waals surface area contributed by atoms with Crippen LogP contribution in [0.25, 0.3) is 11.2 Å². The minimum absolute atomic E-state index is 0.100. The Balaban J connectivity index is 1.92. The zero-order chi connectivity index (χ0) is 19.7. The predicted octanol–water partition coefficient (Wildman–Crippen LogP) is 1.19. The Morgan fingerprint density at radius 1 is 1.26 bits per heavy atom. The highest BCUT2D eigenvalue weighted by Crippen LogP contribution is 2.23. The molecule has 0 bridgehead atoms. The lowest BCUT2D eigenvalue weighted by Gasteiger charge is -2.30. The summed E-state index contributed by atoms with van der Waals surface area (Å²) >= 11 is 1.34. The van der Waals surface area contributed by atoms with Crippen molar-refractivity contribution in [1.82, 2.24) is 23.6 Å². The van der Waals surface area contributed by atoms with Gasteiger partial charge in [-0.2, -0.15) is 0 Å². The van der Waals surface area contributed by atoms with Crippen molar-refractivity contribution >= 4 is 28.8 Å². The number of aromatic nitrogens is 4. The Hall–Kier alpha value is -2.03. The van der Waals surface area contributed by atoms with Gasteiger partial charge in [-0.15, -0.1) is 0 Å². The highest BCUT2D eigenvalue weighted by Gasteiger charge is 2.23. The summed E-state index contributed by atoms with van der Waals surface area (Å²) in [5.74, 6) is 0.923. The van der Waals surface area contributed by atoms with E-state index in [0.29, 0.717) is 28.8 Å². The second-order valence-corrected chi connectivity index (χ2v) is 8.24. The van der Waals surface area contributed by atoms with Crippen molar-refractivity contribution in [2.75, 3.05) is 18.8 Å². The molecule has 1 amide bonds. The van der Waals surface area contributed by atoms with Gasteiger partial charge in [0.1, 0.15) is 0 Å². The van der Waals surface area contributed by atoms with Crippen molar-refractivity contribution in [2.45, 2.75) is 44.8 Å². The third-order valence-corrected chi connectivity index (χ3v) is 6.06. The van der Waals surface area contributed by atoms with Crippen molar-refractivity contribution < 1.29 is 4.79 Å². The molecule has 1 fully saturated rings. The van der Waals surface area contributed by atoms with Crippen LogP contribution in [0.4, 0.5) is 0 Å². The van der Waals surface area contributed by atoms with Crippen molar-refractivity contribution in [3.05, 3.63) is 20.8 Å². The quantitative estimate of drug-likeness (QED) is 0.713. The normalized spacial score (nSPS) is 17.6. The van der Waals surface area contributed by atoms with Gasteiger partial charge in [-0.1, -0.05) is 25.6 Å². The van der Waals surface area contributed by atoms with Crippen LogP contribution in [-0.4, -0.2) is 48.3 Å². The summed E-state index contributed by atoms with van der Waals surface area (Å²) in [6, 6.07) is 0. The maximum absolute atomic E-state index is 12.6. The number of imidazole rings is 1. The summed E-state index contributed by atoms with van der Waals surface area (Å²) < 4.78 is 4.33. The number of aryl methyl sites for hydroxylation is 2. The second-order valence-electron chi connectivity index (χ2n) is 7.30. The van der Waals surface area contributed by atoms with E-state index >= 15 is 0 Å². The molecule has 0 unspecified atom stereocenters. The first kappa shape index (κ1) is 19.7. The van der Waals surface area contributed by atoms with Crippen LogP contribution in [0, 0.1) is 5.92 Å². The van der Waals surface area contributed by atoms with E-state index < -0.39 is 5.69 Å². The number of hydrogen-bond acceptors (Lipinski definition) is 5. The van der Waals surface area contributed by atoms with E-state index in [-0.39, 0.29) is 17.2 Å². The van der Waals surface area contributed by atoms with Gasteiger partial charge < -0.3 is 9.47 Å². The lowest BCUT2D eigenvalue weighted by atomic mass is 10.0. The number of nitrogens with zero attached hydrogens (tertiary/aromatic N) is 5. The molecule has 8 nitrogen and oxygen atoms in total. The molecule has 1 saturated heterocycles. The molecule has 1 aliphatic heterocycles. The van der Waals surface area contributed by atoms with Gasteiger partial charge in [-0.05, 0) is 25.2 Å². The molecule has 148 valence electrons. The van der Waals surface area contributed by atoms with Crippen LogP contribution in [0.2, 0.25) is 0 Å². The third-order valence-electron chi connectivity index (χ3n) is 5.09. The fraction of sp³-hybridized carbons (Fsp3) is 0.667. The number of amides is 1. The SMILES string of the molecule is CCCn1c(SCC(=O)N2CCC[C@H](C)C2)nc2c1c(=O)n(C)c(=O)n2C. The molecular weight excluding hydrogens is 366 g/mol. The highest BCUT2D eigenvalue weighted by atomic mass is 32.2. The van der Waals surface area contributed by atoms with Gasteiger partial charge in [0.25, 0.3) is 5.56 Å². The van der Waals surface area contributed by atoms with E-state index in [2.05, 4.69) is 11.9 Å². The average Bonchev–Trinajstić information content (AvgIpc) is 3.01. The molecular formula is C18H27N5O3S. The van der Waals surface area contributed by atoms with E-state index in [1.165, 1.54) is 29.8 Å². The topological polar surface area (TPSA) is 82.1 Å². The molecule has 3 rings (SSSR count). The molecule has 0 radical (unpaired) electrons. The van der Waals surface area contributed by atoms with Gasteiger partial charge in [0.05, 0.1) is 5.75 Å². The van der Waals surface area contributed by atoms with E-state index in [1.54, 1.807) is 7.05 Å². The molecule has 0 N–H and O–H groups in total. The second kappa shape index (κ2) is 7.92. The van der Waals surface area contributed by atoms with Gasteiger partial charge >= 0.3 is 5.69 Å². The van der Waals surface area contributed by atoms with Crippen LogP contribution in [-0.2, 0) is 25.4 Å². The van der Waals surface area contributed by atoms with Gasteiger partial charge in [-0.25, -0.2) is 9.78 Å². The minimum atomic E-state index is -0.399. The molecule has 3 heterocycles. The van der Waals surface area contributed by atoms with E-state index in [0.717, 1.165) is 30.5 Å². The number of thioether (sulfide) groups is 1. The molecule has 9 heteroatoms. The third kappa shape index (κ3) is 3.69. The Morgan fingerprint density at radius 3 is 2.67 bits per heavy atom. The van der Waals surface area contributed by atoms with Crippen LogP contribution in [0.3, 0.4) is 0 Å². The van der Waals surface area contributed by atoms with Crippen LogP contribution in [0.5, 0.6) is 0 Å². The molecule has 1 aliphatic rings. The first-order valence-corrected chi connectivity index (χ1v) is 10.4. The molecule has 2 aromatic rings. The van der Waals surface area contributed by atoms with Crippen molar-refractivity contribution in [2.24, 2.45) is 20.0 Å². The predicted molar refractivity (Wildman–Crippen MR) is 106 cm³/mol. The minimum Gasteiger partial charge on any atom is -0.342 e. The fourth-order valence-electron chi connectivity index (χ4n) is 3.60. The largest absolute Gasteiger partial charge is 0.342 e. The highest BCUT2D eigenvalue weighted by molar-refractivity contribution is 7.99. The molecule has 1 atom stereocenters. The van der Waals surface area contributed by atoms with E-state index in [9.17, 15) is 14.4 Å². The maximum atomic E-state index is 12.6.